The molecule has 0 bridgehead atoms. The van der Waals surface area contributed by atoms with Gasteiger partial charge in [-0.2, -0.15) is 4.80 Å². The molecule has 1 aromatic heterocycles. The molecule has 1 atom stereocenters. The van der Waals surface area contributed by atoms with Crippen LogP contribution in [0.15, 0.2) is 24.5 Å². The summed E-state index contributed by atoms with van der Waals surface area (Å²) in [7, 11) is 0. The zero-order chi connectivity index (χ0) is 13.7. The Morgan fingerprint density at radius 2 is 2.37 bits per heavy atom. The third kappa shape index (κ3) is 3.55. The summed E-state index contributed by atoms with van der Waals surface area (Å²) in [5, 5.41) is 20.5. The Labute approximate surface area is 107 Å². The number of aromatic nitrogens is 4. The molecular weight excluding hydrogens is 255 g/mol. The van der Waals surface area contributed by atoms with Gasteiger partial charge in [-0.3, -0.25) is 4.79 Å². The van der Waals surface area contributed by atoms with Crippen molar-refractivity contribution in [3.8, 4) is 5.75 Å². The molecule has 0 aliphatic rings. The minimum atomic E-state index is -0.858. The number of aliphatic hydroxyl groups excluding tert-OH is 1. The highest BCUT2D eigenvalue weighted by Gasteiger charge is 2.09. The van der Waals surface area contributed by atoms with Gasteiger partial charge in [-0.05, 0) is 17.3 Å². The van der Waals surface area contributed by atoms with Crippen molar-refractivity contribution >= 4 is 6.29 Å². The molecule has 1 aromatic carbocycles. The highest BCUT2D eigenvalue weighted by molar-refractivity contribution is 5.75. The topological polar surface area (TPSA) is 90.1 Å². The SMILES string of the molecule is O=Cc1ccc(OCC(O)Cn2ncnn2)cc1F. The van der Waals surface area contributed by atoms with Crippen LogP contribution >= 0.6 is 0 Å². The van der Waals surface area contributed by atoms with Crippen molar-refractivity contribution in [3.05, 3.63) is 35.9 Å². The molecule has 0 saturated carbocycles. The van der Waals surface area contributed by atoms with Crippen LogP contribution in [0.25, 0.3) is 0 Å². The third-order valence-corrected chi connectivity index (χ3v) is 2.31. The normalized spacial score (nSPS) is 12.1. The van der Waals surface area contributed by atoms with Gasteiger partial charge in [0.1, 0.15) is 24.3 Å². The van der Waals surface area contributed by atoms with Gasteiger partial charge >= 0.3 is 0 Å². The first-order valence-corrected chi connectivity index (χ1v) is 5.45. The Kier molecular flexibility index (Phi) is 4.14. The zero-order valence-electron chi connectivity index (χ0n) is 9.81. The first-order valence-electron chi connectivity index (χ1n) is 5.45. The summed E-state index contributed by atoms with van der Waals surface area (Å²) in [4.78, 5) is 11.7. The maximum atomic E-state index is 13.3. The molecule has 1 N–H and O–H groups in total. The largest absolute Gasteiger partial charge is 0.491 e. The Morgan fingerprint density at radius 3 is 3.00 bits per heavy atom. The van der Waals surface area contributed by atoms with Crippen LogP contribution in [0.3, 0.4) is 0 Å². The predicted octanol–water partition coefficient (Wildman–Crippen LogP) is 0.0646. The molecule has 19 heavy (non-hydrogen) atoms. The van der Waals surface area contributed by atoms with Gasteiger partial charge in [0.25, 0.3) is 0 Å². The standard InChI is InChI=1S/C11H11FN4O3/c12-11-3-10(2-1-8(11)5-17)19-6-9(18)4-16-14-7-13-15-16/h1-3,5,7,9,18H,4,6H2. The molecular formula is C11H11FN4O3. The van der Waals surface area contributed by atoms with Crippen LogP contribution in [0, 0.1) is 5.82 Å². The quantitative estimate of drug-likeness (QED) is 0.744. The first-order chi connectivity index (χ1) is 9.19. The Bertz CT molecular complexity index is 547. The van der Waals surface area contributed by atoms with Gasteiger partial charge in [0.2, 0.25) is 0 Å². The summed E-state index contributed by atoms with van der Waals surface area (Å²) in [6.07, 6.45) is 0.814. The van der Waals surface area contributed by atoms with E-state index in [1.165, 1.54) is 23.3 Å². The molecule has 2 rings (SSSR count). The molecule has 100 valence electrons. The average molecular weight is 266 g/mol. The summed E-state index contributed by atoms with van der Waals surface area (Å²) in [6.45, 7) is 0.0658. The lowest BCUT2D eigenvalue weighted by Gasteiger charge is -2.11. The van der Waals surface area contributed by atoms with Crippen molar-refractivity contribution in [2.75, 3.05) is 6.61 Å². The lowest BCUT2D eigenvalue weighted by atomic mass is 10.2. The summed E-state index contributed by atoms with van der Waals surface area (Å²) in [5.74, 6) is -0.436. The van der Waals surface area contributed by atoms with E-state index in [4.69, 9.17) is 4.74 Å². The minimum absolute atomic E-state index is 0.0419. The number of ether oxygens (including phenoxy) is 1. The van der Waals surface area contributed by atoms with Gasteiger partial charge in [-0.1, -0.05) is 0 Å². The fourth-order valence-electron chi connectivity index (χ4n) is 1.40. The molecule has 1 heterocycles. The van der Waals surface area contributed by atoms with E-state index in [0.29, 0.717) is 6.29 Å². The summed E-state index contributed by atoms with van der Waals surface area (Å²) < 4.78 is 18.5. The number of nitrogens with zero attached hydrogens (tertiary/aromatic N) is 4. The van der Waals surface area contributed by atoms with E-state index in [1.807, 2.05) is 0 Å². The van der Waals surface area contributed by atoms with E-state index in [2.05, 4.69) is 15.4 Å². The molecule has 0 spiro atoms. The molecule has 0 amide bonds. The van der Waals surface area contributed by atoms with Crippen molar-refractivity contribution in [1.82, 2.24) is 20.2 Å². The first kappa shape index (κ1) is 13.1. The highest BCUT2D eigenvalue weighted by atomic mass is 19.1. The van der Waals surface area contributed by atoms with Crippen LogP contribution in [0.2, 0.25) is 0 Å². The van der Waals surface area contributed by atoms with E-state index in [-0.39, 0.29) is 24.5 Å². The zero-order valence-corrected chi connectivity index (χ0v) is 9.81. The summed E-state index contributed by atoms with van der Waals surface area (Å²) >= 11 is 0. The highest BCUT2D eigenvalue weighted by Crippen LogP contribution is 2.15. The number of aldehydes is 1. The van der Waals surface area contributed by atoms with Gasteiger partial charge < -0.3 is 9.84 Å². The van der Waals surface area contributed by atoms with Crippen molar-refractivity contribution in [2.45, 2.75) is 12.6 Å². The van der Waals surface area contributed by atoms with Crippen LogP contribution in [-0.4, -0.2) is 44.3 Å². The molecule has 8 heteroatoms. The van der Waals surface area contributed by atoms with Crippen LogP contribution in [-0.2, 0) is 6.54 Å². The lowest BCUT2D eigenvalue weighted by molar-refractivity contribution is 0.0847. The monoisotopic (exact) mass is 266 g/mol. The number of carbonyl (C=O) groups excluding carboxylic acids is 1. The average Bonchev–Trinajstić information content (AvgIpc) is 2.89. The van der Waals surface area contributed by atoms with Crippen LogP contribution < -0.4 is 4.74 Å². The second-order valence-corrected chi connectivity index (χ2v) is 3.76. The number of aliphatic hydroxyl groups is 1. The maximum absolute atomic E-state index is 13.3. The summed E-state index contributed by atoms with van der Waals surface area (Å²) in [5.41, 5.74) is -0.0419. The molecule has 1 unspecified atom stereocenters. The Morgan fingerprint density at radius 1 is 1.53 bits per heavy atom. The number of hydrogen-bond donors (Lipinski definition) is 1. The van der Waals surface area contributed by atoms with E-state index in [1.54, 1.807) is 0 Å². The van der Waals surface area contributed by atoms with Gasteiger partial charge in [0, 0.05) is 6.07 Å². The van der Waals surface area contributed by atoms with Crippen molar-refractivity contribution < 1.29 is 19.0 Å². The molecule has 2 aromatic rings. The van der Waals surface area contributed by atoms with Gasteiger partial charge in [0.15, 0.2) is 12.6 Å². The van der Waals surface area contributed by atoms with E-state index < -0.39 is 11.9 Å². The number of halogens is 1. The number of hydrogen-bond acceptors (Lipinski definition) is 6. The third-order valence-electron chi connectivity index (χ3n) is 2.31. The molecule has 0 aliphatic heterocycles. The van der Waals surface area contributed by atoms with Gasteiger partial charge in [-0.25, -0.2) is 4.39 Å². The van der Waals surface area contributed by atoms with Gasteiger partial charge in [-0.15, -0.1) is 10.2 Å². The number of carbonyl (C=O) groups is 1. The van der Waals surface area contributed by atoms with Crippen molar-refractivity contribution in [2.24, 2.45) is 0 Å². The maximum Gasteiger partial charge on any atom is 0.162 e. The minimum Gasteiger partial charge on any atom is -0.491 e. The number of tetrazole rings is 1. The second kappa shape index (κ2) is 6.01. The van der Waals surface area contributed by atoms with Gasteiger partial charge in [0.05, 0.1) is 12.1 Å². The second-order valence-electron chi connectivity index (χ2n) is 3.76. The van der Waals surface area contributed by atoms with Crippen molar-refractivity contribution in [3.63, 3.8) is 0 Å². The van der Waals surface area contributed by atoms with Crippen LogP contribution in [0.4, 0.5) is 4.39 Å². The molecule has 0 radical (unpaired) electrons. The lowest BCUT2D eigenvalue weighted by Crippen LogP contribution is -2.24. The van der Waals surface area contributed by atoms with E-state index in [9.17, 15) is 14.3 Å². The van der Waals surface area contributed by atoms with Crippen molar-refractivity contribution in [1.29, 1.82) is 0 Å². The molecule has 7 nitrogen and oxygen atoms in total. The number of rotatable bonds is 6. The van der Waals surface area contributed by atoms with Crippen LogP contribution in [0.5, 0.6) is 5.75 Å². The van der Waals surface area contributed by atoms with E-state index in [0.717, 1.165) is 6.07 Å². The fraction of sp³-hybridized carbons (Fsp3) is 0.273. The van der Waals surface area contributed by atoms with E-state index >= 15 is 0 Å². The molecule has 0 saturated heterocycles. The molecule has 0 fully saturated rings. The fourth-order valence-corrected chi connectivity index (χ4v) is 1.40. The Hall–Kier alpha value is -2.35. The van der Waals surface area contributed by atoms with Crippen LogP contribution in [0.1, 0.15) is 10.4 Å². The number of benzene rings is 1. The molecule has 0 aliphatic carbocycles. The predicted molar refractivity (Wildman–Crippen MR) is 61.1 cm³/mol. The Balaban J connectivity index is 1.88. The smallest absolute Gasteiger partial charge is 0.162 e. The summed E-state index contributed by atoms with van der Waals surface area (Å²) in [6, 6.07) is 3.85.